The molecule has 0 aliphatic rings. The molecule has 0 atom stereocenters. The summed E-state index contributed by atoms with van der Waals surface area (Å²) in [6, 6.07) is 5.31. The van der Waals surface area contributed by atoms with Crippen LogP contribution in [0.25, 0.3) is 0 Å². The van der Waals surface area contributed by atoms with Crippen LogP contribution in [0.2, 0.25) is 0 Å². The van der Waals surface area contributed by atoms with Gasteiger partial charge in [0.25, 0.3) is 24.7 Å². The lowest BCUT2D eigenvalue weighted by Gasteiger charge is -2.13. The minimum Gasteiger partial charge on any atom is -0.471 e. The zero-order valence-corrected chi connectivity index (χ0v) is 15.0. The van der Waals surface area contributed by atoms with Crippen LogP contribution in [0.5, 0.6) is 5.88 Å². The first kappa shape index (κ1) is 21.7. The molecule has 0 fully saturated rings. The number of primary amides is 1. The lowest BCUT2D eigenvalue weighted by Crippen LogP contribution is -2.23. The molecule has 0 spiro atoms. The minimum atomic E-state index is -2.89. The van der Waals surface area contributed by atoms with Gasteiger partial charge in [0, 0.05) is 6.07 Å². The standard InChI is InChI=1S/C17H15F4N5O3/c1-8-2-9(5-22)3-10(16(23)27)15(8)24-17(28)11-4-14(29-7-13(20)21)25-26(11)6-12(18)19/h2-4,12-13H,6-7H2,1H3,(H2,23,27)(H,24,28). The van der Waals surface area contributed by atoms with E-state index in [-0.39, 0.29) is 16.8 Å². The lowest BCUT2D eigenvalue weighted by molar-refractivity contribution is 0.0781. The van der Waals surface area contributed by atoms with Crippen molar-refractivity contribution in [3.8, 4) is 11.9 Å². The molecule has 1 aromatic heterocycles. The van der Waals surface area contributed by atoms with Crippen LogP contribution < -0.4 is 15.8 Å². The fourth-order valence-corrected chi connectivity index (χ4v) is 2.45. The van der Waals surface area contributed by atoms with Crippen molar-refractivity contribution < 1.29 is 31.9 Å². The molecular weight excluding hydrogens is 398 g/mol. The summed E-state index contributed by atoms with van der Waals surface area (Å²) in [6.07, 6.45) is -5.71. The first-order valence-electron chi connectivity index (χ1n) is 8.05. The third-order valence-electron chi connectivity index (χ3n) is 3.63. The van der Waals surface area contributed by atoms with Crippen molar-refractivity contribution in [3.63, 3.8) is 0 Å². The highest BCUT2D eigenvalue weighted by Crippen LogP contribution is 2.24. The third kappa shape index (κ3) is 5.44. The number of hydrogen-bond donors (Lipinski definition) is 2. The summed E-state index contributed by atoms with van der Waals surface area (Å²) in [4.78, 5) is 24.3. The number of rotatable bonds is 8. The molecule has 0 saturated carbocycles. The quantitative estimate of drug-likeness (QED) is 0.643. The number of benzene rings is 1. The van der Waals surface area contributed by atoms with Gasteiger partial charge in [-0.3, -0.25) is 14.3 Å². The largest absolute Gasteiger partial charge is 0.471 e. The summed E-state index contributed by atoms with van der Waals surface area (Å²) in [5.74, 6) is -2.33. The van der Waals surface area contributed by atoms with Crippen LogP contribution >= 0.6 is 0 Å². The second kappa shape index (κ2) is 9.05. The van der Waals surface area contributed by atoms with Gasteiger partial charge >= 0.3 is 0 Å². The number of halogens is 4. The van der Waals surface area contributed by atoms with Gasteiger partial charge in [0.2, 0.25) is 5.88 Å². The van der Waals surface area contributed by atoms with Gasteiger partial charge in [0.1, 0.15) is 12.2 Å². The topological polar surface area (TPSA) is 123 Å². The molecule has 0 bridgehead atoms. The Balaban J connectivity index is 2.39. The van der Waals surface area contributed by atoms with Gasteiger partial charge < -0.3 is 15.8 Å². The second-order valence-corrected chi connectivity index (χ2v) is 5.79. The first-order valence-corrected chi connectivity index (χ1v) is 8.05. The molecule has 0 unspecified atom stereocenters. The molecule has 0 radical (unpaired) electrons. The Morgan fingerprint density at radius 3 is 2.52 bits per heavy atom. The summed E-state index contributed by atoms with van der Waals surface area (Å²) in [5, 5.41) is 14.9. The molecular formula is C17H15F4N5O3. The predicted octanol–water partition coefficient (Wildman–Crippen LogP) is 2.32. The number of ether oxygens (including phenoxy) is 1. The van der Waals surface area contributed by atoms with Gasteiger partial charge in [-0.15, -0.1) is 5.10 Å². The van der Waals surface area contributed by atoms with Crippen molar-refractivity contribution >= 4 is 17.5 Å². The Morgan fingerprint density at radius 2 is 1.97 bits per heavy atom. The maximum absolute atomic E-state index is 12.8. The van der Waals surface area contributed by atoms with Crippen LogP contribution in [-0.4, -0.2) is 41.1 Å². The molecule has 0 aliphatic carbocycles. The number of alkyl halides is 4. The number of amides is 2. The molecule has 2 amide bonds. The molecule has 29 heavy (non-hydrogen) atoms. The van der Waals surface area contributed by atoms with Crippen molar-refractivity contribution in [2.45, 2.75) is 26.3 Å². The van der Waals surface area contributed by atoms with Crippen molar-refractivity contribution in [1.29, 1.82) is 5.26 Å². The van der Waals surface area contributed by atoms with Crippen LogP contribution in [0.3, 0.4) is 0 Å². The summed E-state index contributed by atoms with van der Waals surface area (Å²) in [6.45, 7) is -0.528. The van der Waals surface area contributed by atoms with Crippen LogP contribution in [0.15, 0.2) is 18.2 Å². The van der Waals surface area contributed by atoms with Crippen molar-refractivity contribution in [1.82, 2.24) is 9.78 Å². The number of nitrogens with one attached hydrogen (secondary N) is 1. The number of aromatic nitrogens is 2. The summed E-state index contributed by atoms with van der Waals surface area (Å²) in [7, 11) is 0. The van der Waals surface area contributed by atoms with Gasteiger partial charge in [-0.2, -0.15) is 5.26 Å². The SMILES string of the molecule is Cc1cc(C#N)cc(C(N)=O)c1NC(=O)c1cc(OCC(F)F)nn1CC(F)F. The predicted molar refractivity (Wildman–Crippen MR) is 92.1 cm³/mol. The molecule has 154 valence electrons. The number of carbonyl (C=O) groups excluding carboxylic acids is 2. The number of carbonyl (C=O) groups is 2. The molecule has 2 aromatic rings. The number of aryl methyl sites for hydroxylation is 1. The monoisotopic (exact) mass is 413 g/mol. The van der Waals surface area contributed by atoms with E-state index in [1.54, 1.807) is 0 Å². The van der Waals surface area contributed by atoms with E-state index in [0.717, 1.165) is 6.07 Å². The van der Waals surface area contributed by atoms with Gasteiger partial charge in [0.15, 0.2) is 6.61 Å². The highest BCUT2D eigenvalue weighted by Gasteiger charge is 2.22. The number of hydrogen-bond acceptors (Lipinski definition) is 5. The maximum Gasteiger partial charge on any atom is 0.274 e. The Kier molecular flexibility index (Phi) is 6.76. The Bertz CT molecular complexity index is 969. The van der Waals surface area contributed by atoms with Crippen LogP contribution in [-0.2, 0) is 6.54 Å². The van der Waals surface area contributed by atoms with E-state index in [1.165, 1.54) is 19.1 Å². The third-order valence-corrected chi connectivity index (χ3v) is 3.63. The van der Waals surface area contributed by atoms with Crippen molar-refractivity contribution in [2.24, 2.45) is 5.73 Å². The number of nitrogens with two attached hydrogens (primary N) is 1. The average Bonchev–Trinajstić information content (AvgIpc) is 3.03. The Labute approximate surface area is 161 Å². The van der Waals surface area contributed by atoms with Gasteiger partial charge in [-0.25, -0.2) is 17.6 Å². The minimum absolute atomic E-state index is 0.0265. The zero-order valence-electron chi connectivity index (χ0n) is 15.0. The van der Waals surface area contributed by atoms with E-state index in [9.17, 15) is 27.2 Å². The van der Waals surface area contributed by atoms with Gasteiger partial charge in [-0.05, 0) is 24.6 Å². The van der Waals surface area contributed by atoms with Crippen LogP contribution in [0.4, 0.5) is 23.2 Å². The molecule has 0 saturated heterocycles. The fourth-order valence-electron chi connectivity index (χ4n) is 2.45. The van der Waals surface area contributed by atoms with E-state index < -0.39 is 49.4 Å². The number of nitrogens with zero attached hydrogens (tertiary/aromatic N) is 3. The molecule has 2 rings (SSSR count). The van der Waals surface area contributed by atoms with E-state index in [4.69, 9.17) is 11.0 Å². The molecule has 3 N–H and O–H groups in total. The summed E-state index contributed by atoms with van der Waals surface area (Å²) in [5.41, 5.74) is 5.13. The first-order chi connectivity index (χ1) is 13.6. The second-order valence-electron chi connectivity index (χ2n) is 5.79. The van der Waals surface area contributed by atoms with Crippen molar-refractivity contribution in [2.75, 3.05) is 11.9 Å². The average molecular weight is 413 g/mol. The molecule has 12 heteroatoms. The van der Waals surface area contributed by atoms with Crippen LogP contribution in [0.1, 0.15) is 32.0 Å². The molecule has 8 nitrogen and oxygen atoms in total. The maximum atomic E-state index is 12.8. The molecule has 1 aromatic carbocycles. The number of anilines is 1. The van der Waals surface area contributed by atoms with Crippen LogP contribution in [0, 0.1) is 18.3 Å². The molecule has 0 aliphatic heterocycles. The normalized spacial score (nSPS) is 10.8. The van der Waals surface area contributed by atoms with E-state index in [0.29, 0.717) is 10.2 Å². The van der Waals surface area contributed by atoms with Gasteiger partial charge in [0.05, 0.1) is 22.9 Å². The fraction of sp³-hybridized carbons (Fsp3) is 0.294. The van der Waals surface area contributed by atoms with Gasteiger partial charge in [-0.1, -0.05) is 0 Å². The highest BCUT2D eigenvalue weighted by atomic mass is 19.3. The Morgan fingerprint density at radius 1 is 1.28 bits per heavy atom. The van der Waals surface area contributed by atoms with E-state index in [1.807, 2.05) is 6.07 Å². The zero-order chi connectivity index (χ0) is 21.7. The van der Waals surface area contributed by atoms with Crippen molar-refractivity contribution in [3.05, 3.63) is 40.6 Å². The summed E-state index contributed by atoms with van der Waals surface area (Å²) < 4.78 is 55.4. The smallest absolute Gasteiger partial charge is 0.274 e. The highest BCUT2D eigenvalue weighted by molar-refractivity contribution is 6.09. The molecule has 1 heterocycles. The summed E-state index contributed by atoms with van der Waals surface area (Å²) >= 11 is 0. The lowest BCUT2D eigenvalue weighted by atomic mass is 10.0. The van der Waals surface area contributed by atoms with E-state index >= 15 is 0 Å². The Hall–Kier alpha value is -3.62. The number of nitriles is 1. The van der Waals surface area contributed by atoms with E-state index in [2.05, 4.69) is 15.2 Å².